The molecular weight excluding hydrogens is 381 g/mol. The zero-order valence-corrected chi connectivity index (χ0v) is 14.2. The van der Waals surface area contributed by atoms with E-state index in [-0.39, 0.29) is 11.5 Å². The third-order valence-corrected chi connectivity index (χ3v) is 4.58. The molecule has 1 fully saturated rings. The fraction of sp³-hybridized carbons (Fsp3) is 0.556. The van der Waals surface area contributed by atoms with E-state index in [2.05, 4.69) is 11.3 Å². The highest BCUT2D eigenvalue weighted by Gasteiger charge is 2.35. The molecule has 1 atom stereocenters. The first kappa shape index (κ1) is 21.5. The Hall–Kier alpha value is -1.77. The first-order valence-corrected chi connectivity index (χ1v) is 8.36. The number of alkyl halides is 5. The Kier molecular flexibility index (Phi) is 7.13. The van der Waals surface area contributed by atoms with Gasteiger partial charge >= 0.3 is 6.36 Å². The number of allylic oxidation sites excluding steroid dienone is 1. The van der Waals surface area contributed by atoms with Crippen LogP contribution in [0.4, 0.5) is 30.7 Å². The Balaban J connectivity index is 2.04. The van der Waals surface area contributed by atoms with Crippen LogP contribution in [0.3, 0.4) is 0 Å². The molecule has 1 aromatic rings. The Morgan fingerprint density at radius 2 is 1.63 bits per heavy atom. The maximum absolute atomic E-state index is 13.7. The average Bonchev–Trinajstić information content (AvgIpc) is 2.58. The predicted octanol–water partition coefficient (Wildman–Crippen LogP) is 6.01. The molecule has 152 valence electrons. The molecule has 0 saturated heterocycles. The van der Waals surface area contributed by atoms with E-state index in [1.54, 1.807) is 6.08 Å². The number of halogens is 7. The van der Waals surface area contributed by atoms with Crippen LogP contribution >= 0.6 is 0 Å². The van der Waals surface area contributed by atoms with Crippen LogP contribution in [-0.2, 0) is 11.3 Å². The zero-order chi connectivity index (χ0) is 20.2. The lowest BCUT2D eigenvalue weighted by Gasteiger charge is -2.32. The van der Waals surface area contributed by atoms with Crippen LogP contribution in [0, 0.1) is 23.5 Å². The molecule has 27 heavy (non-hydrogen) atoms. The molecule has 0 heterocycles. The van der Waals surface area contributed by atoms with Gasteiger partial charge in [-0.3, -0.25) is 0 Å². The molecule has 1 aromatic carbocycles. The van der Waals surface area contributed by atoms with E-state index in [0.29, 0.717) is 37.8 Å². The van der Waals surface area contributed by atoms with Crippen LogP contribution in [0.25, 0.3) is 0 Å². The van der Waals surface area contributed by atoms with E-state index in [1.807, 2.05) is 0 Å². The normalized spacial score (nSPS) is 21.9. The second-order valence-electron chi connectivity index (χ2n) is 6.46. The molecular formula is C18H19F7O2. The predicted molar refractivity (Wildman–Crippen MR) is 83.3 cm³/mol. The fourth-order valence-corrected chi connectivity index (χ4v) is 3.23. The summed E-state index contributed by atoms with van der Waals surface area (Å²) in [4.78, 5) is 0. The number of ether oxygens (including phenoxy) is 2. The summed E-state index contributed by atoms with van der Waals surface area (Å²) in [5.74, 6) is -4.93. The van der Waals surface area contributed by atoms with Crippen molar-refractivity contribution in [1.29, 1.82) is 0 Å². The van der Waals surface area contributed by atoms with Gasteiger partial charge in [-0.05, 0) is 55.2 Å². The topological polar surface area (TPSA) is 18.5 Å². The summed E-state index contributed by atoms with van der Waals surface area (Å²) < 4.78 is 98.9. The van der Waals surface area contributed by atoms with Crippen molar-refractivity contribution in [3.8, 4) is 5.75 Å². The number of rotatable bonds is 7. The van der Waals surface area contributed by atoms with Crippen LogP contribution in [0.1, 0.15) is 31.2 Å². The van der Waals surface area contributed by atoms with Gasteiger partial charge in [0.2, 0.25) is 5.75 Å². The van der Waals surface area contributed by atoms with Gasteiger partial charge in [-0.25, -0.2) is 17.6 Å². The van der Waals surface area contributed by atoms with E-state index in [0.717, 1.165) is 0 Å². The SMILES string of the molecule is C=CC1CCC(C(OCc2cc(F)c(OC(F)(F)F)c(F)c2)C(F)F)CC1. The third-order valence-electron chi connectivity index (χ3n) is 4.58. The summed E-state index contributed by atoms with van der Waals surface area (Å²) in [6.45, 7) is 3.12. The van der Waals surface area contributed by atoms with Crippen LogP contribution in [-0.4, -0.2) is 18.9 Å². The molecule has 0 aliphatic heterocycles. The highest BCUT2D eigenvalue weighted by atomic mass is 19.4. The molecule has 1 aliphatic rings. The van der Waals surface area contributed by atoms with Crippen LogP contribution in [0.15, 0.2) is 24.8 Å². The minimum atomic E-state index is -5.26. The molecule has 1 saturated carbocycles. The summed E-state index contributed by atoms with van der Waals surface area (Å²) in [5.41, 5.74) is -0.204. The van der Waals surface area contributed by atoms with Crippen LogP contribution in [0.5, 0.6) is 5.75 Å². The van der Waals surface area contributed by atoms with Gasteiger partial charge in [0.15, 0.2) is 11.6 Å². The Morgan fingerprint density at radius 1 is 1.07 bits per heavy atom. The fourth-order valence-electron chi connectivity index (χ4n) is 3.23. The van der Waals surface area contributed by atoms with Crippen molar-refractivity contribution in [1.82, 2.24) is 0 Å². The van der Waals surface area contributed by atoms with E-state index >= 15 is 0 Å². The largest absolute Gasteiger partial charge is 0.573 e. The van der Waals surface area contributed by atoms with E-state index in [1.165, 1.54) is 0 Å². The van der Waals surface area contributed by atoms with Crippen LogP contribution in [0.2, 0.25) is 0 Å². The van der Waals surface area contributed by atoms with Gasteiger partial charge in [-0.1, -0.05) is 6.08 Å². The minimum absolute atomic E-state index is 0.204. The maximum atomic E-state index is 13.7. The standard InChI is InChI=1S/C18H19F7O2/c1-2-10-3-5-12(6-4-10)15(17(21)22)26-9-11-7-13(19)16(14(20)8-11)27-18(23,24)25/h2,7-8,10,12,15,17H,1,3-6,9H2. The smallest absolute Gasteiger partial charge is 0.399 e. The van der Waals surface area contributed by atoms with Gasteiger partial charge in [-0.2, -0.15) is 0 Å². The van der Waals surface area contributed by atoms with Crippen molar-refractivity contribution < 1.29 is 40.2 Å². The average molecular weight is 400 g/mol. The Morgan fingerprint density at radius 3 is 2.07 bits per heavy atom. The van der Waals surface area contributed by atoms with Crippen LogP contribution < -0.4 is 4.74 Å². The van der Waals surface area contributed by atoms with Gasteiger partial charge in [-0.15, -0.1) is 19.8 Å². The maximum Gasteiger partial charge on any atom is 0.573 e. The van der Waals surface area contributed by atoms with Crippen molar-refractivity contribution in [3.63, 3.8) is 0 Å². The first-order valence-electron chi connectivity index (χ1n) is 8.36. The molecule has 2 nitrogen and oxygen atoms in total. The molecule has 1 aliphatic carbocycles. The molecule has 0 radical (unpaired) electrons. The summed E-state index contributed by atoms with van der Waals surface area (Å²) in [6.07, 6.45) is -5.28. The van der Waals surface area contributed by atoms with Crippen molar-refractivity contribution >= 4 is 0 Å². The van der Waals surface area contributed by atoms with Crippen molar-refractivity contribution in [2.24, 2.45) is 11.8 Å². The molecule has 0 bridgehead atoms. The Labute approximate surface area is 152 Å². The van der Waals surface area contributed by atoms with Crippen molar-refractivity contribution in [3.05, 3.63) is 42.0 Å². The molecule has 0 amide bonds. The highest BCUT2D eigenvalue weighted by molar-refractivity contribution is 5.31. The third kappa shape index (κ3) is 6.12. The molecule has 0 aromatic heterocycles. The van der Waals surface area contributed by atoms with Gasteiger partial charge in [0.05, 0.1) is 6.61 Å². The van der Waals surface area contributed by atoms with E-state index < -0.39 is 48.8 Å². The summed E-state index contributed by atoms with van der Waals surface area (Å²) >= 11 is 0. The second kappa shape index (κ2) is 8.95. The lowest BCUT2D eigenvalue weighted by atomic mass is 9.79. The summed E-state index contributed by atoms with van der Waals surface area (Å²) in [6, 6.07) is 1.14. The number of hydrogen-bond acceptors (Lipinski definition) is 2. The lowest BCUT2D eigenvalue weighted by molar-refractivity contribution is -0.276. The van der Waals surface area contributed by atoms with Crippen molar-refractivity contribution in [2.45, 2.75) is 51.2 Å². The van der Waals surface area contributed by atoms with Gasteiger partial charge in [0.1, 0.15) is 6.10 Å². The minimum Gasteiger partial charge on any atom is -0.399 e. The molecule has 0 spiro atoms. The first-order chi connectivity index (χ1) is 12.6. The second-order valence-corrected chi connectivity index (χ2v) is 6.46. The lowest BCUT2D eigenvalue weighted by Crippen LogP contribution is -2.33. The monoisotopic (exact) mass is 400 g/mol. The number of hydrogen-bond donors (Lipinski definition) is 0. The number of benzene rings is 1. The summed E-state index contributed by atoms with van der Waals surface area (Å²) in [5, 5.41) is 0. The van der Waals surface area contributed by atoms with Gasteiger partial charge in [0.25, 0.3) is 6.43 Å². The summed E-state index contributed by atoms with van der Waals surface area (Å²) in [7, 11) is 0. The highest BCUT2D eigenvalue weighted by Crippen LogP contribution is 2.35. The quantitative estimate of drug-likeness (QED) is 0.413. The zero-order valence-electron chi connectivity index (χ0n) is 14.2. The van der Waals surface area contributed by atoms with E-state index in [9.17, 15) is 30.7 Å². The molecule has 2 rings (SSSR count). The molecule has 9 heteroatoms. The molecule has 0 N–H and O–H groups in total. The van der Waals surface area contributed by atoms with Gasteiger partial charge in [0, 0.05) is 0 Å². The Bertz CT molecular complexity index is 614. The van der Waals surface area contributed by atoms with Crippen molar-refractivity contribution in [2.75, 3.05) is 0 Å². The molecule has 1 unspecified atom stereocenters. The van der Waals surface area contributed by atoms with E-state index in [4.69, 9.17) is 4.74 Å². The van der Waals surface area contributed by atoms with Gasteiger partial charge < -0.3 is 9.47 Å².